The van der Waals surface area contributed by atoms with Crippen LogP contribution in [0.4, 0.5) is 5.69 Å². The van der Waals surface area contributed by atoms with Crippen molar-refractivity contribution in [1.82, 2.24) is 10.2 Å². The van der Waals surface area contributed by atoms with E-state index >= 15 is 0 Å². The third kappa shape index (κ3) is 6.00. The summed E-state index contributed by atoms with van der Waals surface area (Å²) in [6.45, 7) is 5.53. The van der Waals surface area contributed by atoms with E-state index in [2.05, 4.69) is 39.2 Å². The molecule has 0 atom stereocenters. The molecule has 1 aliphatic rings. The molecule has 1 heterocycles. The minimum Gasteiger partial charge on any atom is -0.348 e. The predicted octanol–water partition coefficient (Wildman–Crippen LogP) is 4.32. The highest BCUT2D eigenvalue weighted by molar-refractivity contribution is 7.92. The summed E-state index contributed by atoms with van der Waals surface area (Å²) >= 11 is 0. The van der Waals surface area contributed by atoms with Crippen LogP contribution in [0.2, 0.25) is 0 Å². The van der Waals surface area contributed by atoms with Gasteiger partial charge in [-0.15, -0.1) is 0 Å². The number of nitrogens with one attached hydrogen (secondary N) is 2. The molecular weight excluding hydrogens is 434 g/mol. The predicted molar refractivity (Wildman–Crippen MR) is 131 cm³/mol. The first-order valence-electron chi connectivity index (χ1n) is 11.2. The van der Waals surface area contributed by atoms with Gasteiger partial charge in [0.1, 0.15) is 0 Å². The number of benzene rings is 3. The highest BCUT2D eigenvalue weighted by Gasteiger charge is 2.16. The molecule has 6 nitrogen and oxygen atoms in total. The second kappa shape index (κ2) is 10.2. The molecule has 3 aromatic carbocycles. The van der Waals surface area contributed by atoms with E-state index in [1.165, 1.54) is 31.5 Å². The maximum atomic E-state index is 12.6. The quantitative estimate of drug-likeness (QED) is 0.521. The average Bonchev–Trinajstić information content (AvgIpc) is 3.33. The van der Waals surface area contributed by atoms with Gasteiger partial charge in [-0.25, -0.2) is 8.42 Å². The summed E-state index contributed by atoms with van der Waals surface area (Å²) in [7, 11) is -3.68. The molecule has 0 saturated carbocycles. The number of hydrogen-bond donors (Lipinski definition) is 2. The molecule has 2 N–H and O–H groups in total. The van der Waals surface area contributed by atoms with Crippen molar-refractivity contribution in [2.24, 2.45) is 0 Å². The van der Waals surface area contributed by atoms with Crippen molar-refractivity contribution in [3.05, 3.63) is 95.1 Å². The number of amides is 1. The number of sulfonamides is 1. The van der Waals surface area contributed by atoms with Gasteiger partial charge >= 0.3 is 0 Å². The monoisotopic (exact) mass is 463 g/mol. The average molecular weight is 464 g/mol. The van der Waals surface area contributed by atoms with Crippen LogP contribution in [0.25, 0.3) is 0 Å². The van der Waals surface area contributed by atoms with Crippen LogP contribution in [-0.2, 0) is 23.1 Å². The number of aryl methyl sites for hydroxylation is 1. The third-order valence-corrected chi connectivity index (χ3v) is 7.25. The summed E-state index contributed by atoms with van der Waals surface area (Å²) in [5.41, 5.74) is 3.94. The zero-order valence-electron chi connectivity index (χ0n) is 18.8. The molecule has 4 rings (SSSR count). The normalized spacial score (nSPS) is 14.2. The second-order valence-corrected chi connectivity index (χ2v) is 10.1. The van der Waals surface area contributed by atoms with Gasteiger partial charge < -0.3 is 5.32 Å². The van der Waals surface area contributed by atoms with Gasteiger partial charge in [0, 0.05) is 18.7 Å². The number of likely N-dealkylation sites (tertiary alicyclic amines) is 1. The topological polar surface area (TPSA) is 78.5 Å². The molecule has 0 aliphatic carbocycles. The lowest BCUT2D eigenvalue weighted by atomic mass is 10.1. The minimum absolute atomic E-state index is 0.192. The molecule has 0 aromatic heterocycles. The Labute approximate surface area is 195 Å². The number of carbonyl (C=O) groups excluding carboxylic acids is 1. The Morgan fingerprint density at radius 3 is 2.24 bits per heavy atom. The van der Waals surface area contributed by atoms with E-state index in [0.717, 1.165) is 12.1 Å². The highest BCUT2D eigenvalue weighted by atomic mass is 32.2. The molecule has 172 valence electrons. The lowest BCUT2D eigenvalue weighted by Gasteiger charge is -2.15. The molecule has 1 amide bonds. The number of anilines is 1. The van der Waals surface area contributed by atoms with E-state index in [4.69, 9.17) is 0 Å². The molecule has 3 aromatic rings. The second-order valence-electron chi connectivity index (χ2n) is 8.43. The van der Waals surface area contributed by atoms with E-state index < -0.39 is 10.0 Å². The lowest BCUT2D eigenvalue weighted by molar-refractivity contribution is 0.0951. The number of hydrogen-bond acceptors (Lipinski definition) is 4. The smallest absolute Gasteiger partial charge is 0.261 e. The van der Waals surface area contributed by atoms with Crippen LogP contribution in [0.5, 0.6) is 0 Å². The number of nitrogens with zero attached hydrogens (tertiary/aromatic N) is 1. The first kappa shape index (κ1) is 23.0. The van der Waals surface area contributed by atoms with E-state index in [1.54, 1.807) is 55.5 Å². The Balaban J connectivity index is 1.34. The molecule has 7 heteroatoms. The van der Waals surface area contributed by atoms with E-state index in [0.29, 0.717) is 23.4 Å². The van der Waals surface area contributed by atoms with Gasteiger partial charge in [0.25, 0.3) is 15.9 Å². The molecule has 0 spiro atoms. The van der Waals surface area contributed by atoms with E-state index in [-0.39, 0.29) is 10.8 Å². The minimum atomic E-state index is -3.68. The van der Waals surface area contributed by atoms with Crippen LogP contribution < -0.4 is 10.0 Å². The molecule has 1 saturated heterocycles. The van der Waals surface area contributed by atoms with Crippen LogP contribution in [-0.4, -0.2) is 32.3 Å². The van der Waals surface area contributed by atoms with Crippen molar-refractivity contribution in [2.75, 3.05) is 17.8 Å². The highest BCUT2D eigenvalue weighted by Crippen LogP contribution is 2.21. The summed E-state index contributed by atoms with van der Waals surface area (Å²) in [4.78, 5) is 15.3. The van der Waals surface area contributed by atoms with Crippen molar-refractivity contribution in [1.29, 1.82) is 0 Å². The largest absolute Gasteiger partial charge is 0.348 e. The molecular formula is C26H29N3O3S. The van der Waals surface area contributed by atoms with Crippen molar-refractivity contribution < 1.29 is 13.2 Å². The molecule has 0 bridgehead atoms. The maximum absolute atomic E-state index is 12.6. The van der Waals surface area contributed by atoms with Crippen LogP contribution in [0.15, 0.2) is 77.7 Å². The Bertz CT molecular complexity index is 1200. The zero-order chi connectivity index (χ0) is 23.3. The summed E-state index contributed by atoms with van der Waals surface area (Å²) in [6.07, 6.45) is 2.56. The van der Waals surface area contributed by atoms with Crippen molar-refractivity contribution in [2.45, 2.75) is 37.8 Å². The van der Waals surface area contributed by atoms with Gasteiger partial charge in [0.15, 0.2) is 0 Å². The van der Waals surface area contributed by atoms with Crippen molar-refractivity contribution >= 4 is 21.6 Å². The summed E-state index contributed by atoms with van der Waals surface area (Å²) in [5, 5.41) is 2.94. The van der Waals surface area contributed by atoms with Gasteiger partial charge in [-0.2, -0.15) is 0 Å². The van der Waals surface area contributed by atoms with E-state index in [9.17, 15) is 13.2 Å². The molecule has 0 radical (unpaired) electrons. The lowest BCUT2D eigenvalue weighted by Crippen LogP contribution is -2.23. The van der Waals surface area contributed by atoms with Gasteiger partial charge in [0.05, 0.1) is 10.6 Å². The molecule has 33 heavy (non-hydrogen) atoms. The zero-order valence-corrected chi connectivity index (χ0v) is 19.6. The Morgan fingerprint density at radius 2 is 1.58 bits per heavy atom. The van der Waals surface area contributed by atoms with Gasteiger partial charge in [-0.3, -0.25) is 14.4 Å². The maximum Gasteiger partial charge on any atom is 0.261 e. The van der Waals surface area contributed by atoms with Gasteiger partial charge in [-0.1, -0.05) is 42.5 Å². The fourth-order valence-electron chi connectivity index (χ4n) is 3.97. The van der Waals surface area contributed by atoms with E-state index in [1.807, 2.05) is 0 Å². The third-order valence-electron chi connectivity index (χ3n) is 5.87. The van der Waals surface area contributed by atoms with Crippen LogP contribution >= 0.6 is 0 Å². The van der Waals surface area contributed by atoms with Gasteiger partial charge in [0.2, 0.25) is 0 Å². The Hall–Kier alpha value is -3.16. The first-order valence-corrected chi connectivity index (χ1v) is 12.7. The Kier molecular flexibility index (Phi) is 7.11. The Morgan fingerprint density at radius 1 is 0.909 bits per heavy atom. The fraction of sp³-hybridized carbons (Fsp3) is 0.269. The summed E-state index contributed by atoms with van der Waals surface area (Å²) < 4.78 is 27.7. The van der Waals surface area contributed by atoms with Crippen molar-refractivity contribution in [3.8, 4) is 0 Å². The number of carbonyl (C=O) groups is 1. The SMILES string of the molecule is Cc1cc(C(=O)NCc2ccc(CN3CCCC3)cc2)ccc1NS(=O)(=O)c1ccccc1. The summed E-state index contributed by atoms with van der Waals surface area (Å²) in [5.74, 6) is -0.197. The van der Waals surface area contributed by atoms with Crippen molar-refractivity contribution in [3.63, 3.8) is 0 Å². The number of rotatable bonds is 8. The molecule has 1 aliphatic heterocycles. The first-order chi connectivity index (χ1) is 15.9. The van der Waals surface area contributed by atoms with Crippen LogP contribution in [0.3, 0.4) is 0 Å². The summed E-state index contributed by atoms with van der Waals surface area (Å²) in [6, 6.07) is 21.5. The standard InChI is InChI=1S/C26H29N3O3S/c1-20-17-23(13-14-25(20)28-33(31,32)24-7-3-2-4-8-24)26(30)27-18-21-9-11-22(12-10-21)19-29-15-5-6-16-29/h2-4,7-14,17,28H,5-6,15-16,18-19H2,1H3,(H,27,30). The fourth-order valence-corrected chi connectivity index (χ4v) is 5.12. The van der Waals surface area contributed by atoms with Crippen LogP contribution in [0, 0.1) is 6.92 Å². The molecule has 0 unspecified atom stereocenters. The van der Waals surface area contributed by atoms with Crippen LogP contribution in [0.1, 0.15) is 39.9 Å². The van der Waals surface area contributed by atoms with Gasteiger partial charge in [-0.05, 0) is 79.9 Å². The molecule has 1 fully saturated rings.